The van der Waals surface area contributed by atoms with Crippen molar-refractivity contribution in [1.29, 1.82) is 0 Å². The van der Waals surface area contributed by atoms with Crippen LogP contribution in [0.4, 0.5) is 0 Å². The third-order valence-corrected chi connectivity index (χ3v) is 3.78. The molecule has 2 atom stereocenters. The Morgan fingerprint density at radius 1 is 1.42 bits per heavy atom. The molecule has 0 saturated carbocycles. The molecule has 0 amide bonds. The number of hydrogen-bond acceptors (Lipinski definition) is 4. The molecule has 0 radical (unpaired) electrons. The molecule has 2 aromatic rings. The van der Waals surface area contributed by atoms with Gasteiger partial charge < -0.3 is 5.32 Å². The maximum atomic E-state index is 4.26. The zero-order valence-electron chi connectivity index (χ0n) is 11.2. The van der Waals surface area contributed by atoms with Gasteiger partial charge in [-0.05, 0) is 43.0 Å². The van der Waals surface area contributed by atoms with Gasteiger partial charge in [-0.3, -0.25) is 0 Å². The summed E-state index contributed by atoms with van der Waals surface area (Å²) >= 11 is 0. The van der Waals surface area contributed by atoms with Gasteiger partial charge >= 0.3 is 0 Å². The fourth-order valence-corrected chi connectivity index (χ4v) is 2.90. The lowest BCUT2D eigenvalue weighted by atomic mass is 9.87. The predicted octanol–water partition coefficient (Wildman–Crippen LogP) is 1.57. The van der Waals surface area contributed by atoms with Crippen LogP contribution in [0.15, 0.2) is 30.6 Å². The van der Waals surface area contributed by atoms with Crippen LogP contribution < -0.4 is 5.32 Å². The summed E-state index contributed by atoms with van der Waals surface area (Å²) in [5.41, 5.74) is 2.54. The van der Waals surface area contributed by atoms with E-state index >= 15 is 0 Å². The van der Waals surface area contributed by atoms with E-state index in [-0.39, 0.29) is 6.04 Å². The van der Waals surface area contributed by atoms with Crippen molar-refractivity contribution in [2.75, 3.05) is 13.1 Å². The summed E-state index contributed by atoms with van der Waals surface area (Å²) in [7, 11) is 0. The van der Waals surface area contributed by atoms with Crippen LogP contribution in [0.5, 0.6) is 0 Å². The van der Waals surface area contributed by atoms with Crippen molar-refractivity contribution in [1.82, 2.24) is 25.5 Å². The standard InChI is InChI=1S/C14H19N5/c1-11-4-2-5-12(8-11)14(19-17-10-16-18-19)13-6-3-7-15-9-13/h2,4-5,8,10,13-15H,3,6-7,9H2,1H3/t13?,14-/m1/s1. The number of aryl methyl sites for hydroxylation is 1. The number of piperidine rings is 1. The zero-order chi connectivity index (χ0) is 13.1. The van der Waals surface area contributed by atoms with E-state index in [1.165, 1.54) is 30.3 Å². The zero-order valence-corrected chi connectivity index (χ0v) is 11.2. The molecule has 5 heteroatoms. The molecule has 5 nitrogen and oxygen atoms in total. The lowest BCUT2D eigenvalue weighted by molar-refractivity contribution is 0.261. The van der Waals surface area contributed by atoms with E-state index in [0.717, 1.165) is 13.1 Å². The number of hydrogen-bond donors (Lipinski definition) is 1. The van der Waals surface area contributed by atoms with E-state index in [9.17, 15) is 0 Å². The molecule has 1 aromatic carbocycles. The summed E-state index contributed by atoms with van der Waals surface area (Å²) in [5, 5.41) is 15.7. The average molecular weight is 257 g/mol. The van der Waals surface area contributed by atoms with E-state index in [0.29, 0.717) is 5.92 Å². The van der Waals surface area contributed by atoms with Gasteiger partial charge in [-0.15, -0.1) is 10.2 Å². The molecule has 1 aliphatic rings. The number of nitrogens with one attached hydrogen (secondary N) is 1. The highest BCUT2D eigenvalue weighted by Gasteiger charge is 2.28. The second kappa shape index (κ2) is 5.48. The minimum Gasteiger partial charge on any atom is -0.316 e. The number of nitrogens with zero attached hydrogens (tertiary/aromatic N) is 4. The van der Waals surface area contributed by atoms with Crippen molar-refractivity contribution < 1.29 is 0 Å². The Bertz CT molecular complexity index is 516. The Hall–Kier alpha value is -1.75. The molecular weight excluding hydrogens is 238 g/mol. The fraction of sp³-hybridized carbons (Fsp3) is 0.500. The molecule has 1 N–H and O–H groups in total. The average Bonchev–Trinajstić information content (AvgIpc) is 2.94. The van der Waals surface area contributed by atoms with Crippen molar-refractivity contribution in [2.45, 2.75) is 25.8 Å². The number of aromatic nitrogens is 4. The molecule has 1 aliphatic heterocycles. The summed E-state index contributed by atoms with van der Waals surface area (Å²) in [6.45, 7) is 4.25. The van der Waals surface area contributed by atoms with Gasteiger partial charge in [0.1, 0.15) is 6.04 Å². The minimum atomic E-state index is 0.176. The Morgan fingerprint density at radius 3 is 3.05 bits per heavy atom. The van der Waals surface area contributed by atoms with Crippen molar-refractivity contribution in [3.05, 3.63) is 41.7 Å². The molecule has 19 heavy (non-hydrogen) atoms. The van der Waals surface area contributed by atoms with E-state index in [1.54, 1.807) is 4.80 Å². The van der Waals surface area contributed by atoms with Crippen LogP contribution in [-0.2, 0) is 0 Å². The topological polar surface area (TPSA) is 55.6 Å². The van der Waals surface area contributed by atoms with Crippen LogP contribution >= 0.6 is 0 Å². The minimum absolute atomic E-state index is 0.176. The van der Waals surface area contributed by atoms with Crippen LogP contribution in [0.3, 0.4) is 0 Å². The fourth-order valence-electron chi connectivity index (χ4n) is 2.90. The highest BCUT2D eigenvalue weighted by atomic mass is 15.6. The van der Waals surface area contributed by atoms with Gasteiger partial charge in [-0.25, -0.2) is 0 Å². The summed E-state index contributed by atoms with van der Waals surface area (Å²) in [4.78, 5) is 1.76. The van der Waals surface area contributed by atoms with E-state index in [2.05, 4.69) is 51.9 Å². The molecule has 100 valence electrons. The van der Waals surface area contributed by atoms with Crippen LogP contribution in [0.1, 0.15) is 30.0 Å². The molecule has 1 saturated heterocycles. The number of benzene rings is 1. The maximum absolute atomic E-state index is 4.26. The normalized spacial score (nSPS) is 21.2. The molecule has 0 spiro atoms. The predicted molar refractivity (Wildman–Crippen MR) is 72.7 cm³/mol. The molecule has 1 fully saturated rings. The van der Waals surface area contributed by atoms with Gasteiger partial charge in [0.25, 0.3) is 0 Å². The van der Waals surface area contributed by atoms with Gasteiger partial charge in [0.05, 0.1) is 0 Å². The third kappa shape index (κ3) is 2.66. The van der Waals surface area contributed by atoms with Gasteiger partial charge in [0.15, 0.2) is 6.33 Å². The van der Waals surface area contributed by atoms with Gasteiger partial charge in [-0.2, -0.15) is 4.80 Å². The van der Waals surface area contributed by atoms with Crippen molar-refractivity contribution in [3.8, 4) is 0 Å². The summed E-state index contributed by atoms with van der Waals surface area (Å²) < 4.78 is 0. The quantitative estimate of drug-likeness (QED) is 0.907. The van der Waals surface area contributed by atoms with Gasteiger partial charge in [0.2, 0.25) is 0 Å². The Labute approximate surface area is 113 Å². The lowest BCUT2D eigenvalue weighted by Gasteiger charge is -2.30. The SMILES string of the molecule is Cc1cccc([C@H](C2CCCNC2)n2ncnn2)c1. The molecule has 1 unspecified atom stereocenters. The first-order valence-electron chi connectivity index (χ1n) is 6.84. The molecule has 1 aromatic heterocycles. The summed E-state index contributed by atoms with van der Waals surface area (Å²) in [6, 6.07) is 8.78. The molecule has 0 bridgehead atoms. The van der Waals surface area contributed by atoms with Crippen molar-refractivity contribution in [2.24, 2.45) is 5.92 Å². The van der Waals surface area contributed by atoms with Crippen LogP contribution in [0, 0.1) is 12.8 Å². The number of rotatable bonds is 3. The largest absolute Gasteiger partial charge is 0.316 e. The second-order valence-electron chi connectivity index (χ2n) is 5.22. The van der Waals surface area contributed by atoms with E-state index in [4.69, 9.17) is 0 Å². The first kappa shape index (κ1) is 12.3. The Morgan fingerprint density at radius 2 is 2.37 bits per heavy atom. The first-order valence-corrected chi connectivity index (χ1v) is 6.84. The third-order valence-electron chi connectivity index (χ3n) is 3.78. The highest BCUT2D eigenvalue weighted by molar-refractivity contribution is 5.26. The lowest BCUT2D eigenvalue weighted by Crippen LogP contribution is -2.36. The Kier molecular flexibility index (Phi) is 3.55. The van der Waals surface area contributed by atoms with Crippen LogP contribution in [0.2, 0.25) is 0 Å². The molecule has 2 heterocycles. The van der Waals surface area contributed by atoms with Gasteiger partial charge in [0, 0.05) is 6.54 Å². The van der Waals surface area contributed by atoms with Gasteiger partial charge in [-0.1, -0.05) is 29.8 Å². The maximum Gasteiger partial charge on any atom is 0.162 e. The second-order valence-corrected chi connectivity index (χ2v) is 5.22. The highest BCUT2D eigenvalue weighted by Crippen LogP contribution is 2.30. The van der Waals surface area contributed by atoms with Crippen LogP contribution in [0.25, 0.3) is 0 Å². The molecule has 3 rings (SSSR count). The molecular formula is C14H19N5. The van der Waals surface area contributed by atoms with E-state index < -0.39 is 0 Å². The van der Waals surface area contributed by atoms with Crippen molar-refractivity contribution in [3.63, 3.8) is 0 Å². The van der Waals surface area contributed by atoms with E-state index in [1.807, 2.05) is 0 Å². The molecule has 0 aliphatic carbocycles. The Balaban J connectivity index is 1.96. The van der Waals surface area contributed by atoms with Crippen molar-refractivity contribution >= 4 is 0 Å². The summed E-state index contributed by atoms with van der Waals surface area (Å²) in [5.74, 6) is 0.518. The summed E-state index contributed by atoms with van der Waals surface area (Å²) in [6.07, 6.45) is 3.92. The number of tetrazole rings is 1. The smallest absolute Gasteiger partial charge is 0.162 e. The monoisotopic (exact) mass is 257 g/mol. The first-order chi connectivity index (χ1) is 9.34. The van der Waals surface area contributed by atoms with Crippen LogP contribution in [-0.4, -0.2) is 33.3 Å².